The molecule has 0 aliphatic rings. The van der Waals surface area contributed by atoms with Crippen molar-refractivity contribution in [3.05, 3.63) is 47.5 Å². The van der Waals surface area contributed by atoms with Crippen molar-refractivity contribution in [2.24, 2.45) is 0 Å². The zero-order chi connectivity index (χ0) is 10.8. The molecule has 0 aliphatic carbocycles. The van der Waals surface area contributed by atoms with E-state index in [9.17, 15) is 4.79 Å². The van der Waals surface area contributed by atoms with E-state index in [4.69, 9.17) is 16.7 Å². The van der Waals surface area contributed by atoms with Gasteiger partial charge in [-0.2, -0.15) is 0 Å². The van der Waals surface area contributed by atoms with Crippen molar-refractivity contribution < 1.29 is 9.90 Å². The van der Waals surface area contributed by atoms with Gasteiger partial charge in [0.15, 0.2) is 0 Å². The predicted octanol–water partition coefficient (Wildman–Crippen LogP) is 3.28. The van der Waals surface area contributed by atoms with Gasteiger partial charge in [0.25, 0.3) is 0 Å². The van der Waals surface area contributed by atoms with Crippen LogP contribution < -0.4 is 0 Å². The van der Waals surface area contributed by atoms with Crippen LogP contribution in [0.3, 0.4) is 0 Å². The van der Waals surface area contributed by atoms with Crippen LogP contribution >= 0.6 is 11.6 Å². The number of hydrogen-bond donors (Lipinski definition) is 1. The summed E-state index contributed by atoms with van der Waals surface area (Å²) in [6.45, 7) is 0. The molecule has 76 valence electrons. The fourth-order valence-corrected chi connectivity index (χ4v) is 1.97. The van der Waals surface area contributed by atoms with Crippen LogP contribution in [0.4, 0.5) is 0 Å². The smallest absolute Gasteiger partial charge is 0.336 e. The van der Waals surface area contributed by atoms with Crippen LogP contribution in [0.2, 0.25) is 0 Å². The molecule has 2 rings (SSSR count). The minimum atomic E-state index is -0.934. The Morgan fingerprint density at radius 2 is 1.93 bits per heavy atom. The van der Waals surface area contributed by atoms with Gasteiger partial charge in [0.1, 0.15) is 0 Å². The Morgan fingerprint density at radius 1 is 1.20 bits per heavy atom. The Morgan fingerprint density at radius 3 is 2.60 bits per heavy atom. The van der Waals surface area contributed by atoms with Crippen LogP contribution in [0.15, 0.2) is 36.4 Å². The van der Waals surface area contributed by atoms with Crippen LogP contribution in [0.25, 0.3) is 10.8 Å². The number of carboxylic acids is 1. The Labute approximate surface area is 92.1 Å². The fraction of sp³-hybridized carbons (Fsp3) is 0.0833. The van der Waals surface area contributed by atoms with Crippen molar-refractivity contribution in [1.82, 2.24) is 0 Å². The van der Waals surface area contributed by atoms with Gasteiger partial charge in [-0.1, -0.05) is 30.3 Å². The number of carbonyl (C=O) groups is 1. The van der Waals surface area contributed by atoms with Gasteiger partial charge in [0.2, 0.25) is 0 Å². The van der Waals surface area contributed by atoms with Crippen LogP contribution in [0, 0.1) is 0 Å². The van der Waals surface area contributed by atoms with Crippen molar-refractivity contribution in [2.45, 2.75) is 5.88 Å². The summed E-state index contributed by atoms with van der Waals surface area (Å²) < 4.78 is 0. The monoisotopic (exact) mass is 220 g/mol. The summed E-state index contributed by atoms with van der Waals surface area (Å²) >= 11 is 5.79. The molecule has 2 nitrogen and oxygen atoms in total. The van der Waals surface area contributed by atoms with E-state index in [0.717, 1.165) is 10.8 Å². The summed E-state index contributed by atoms with van der Waals surface area (Å²) in [5, 5.41) is 10.9. The summed E-state index contributed by atoms with van der Waals surface area (Å²) in [5.74, 6) is -0.723. The van der Waals surface area contributed by atoms with Gasteiger partial charge in [0.05, 0.1) is 5.56 Å². The van der Waals surface area contributed by atoms with Gasteiger partial charge in [-0.25, -0.2) is 4.79 Å². The van der Waals surface area contributed by atoms with Crippen molar-refractivity contribution >= 4 is 28.3 Å². The lowest BCUT2D eigenvalue weighted by molar-refractivity contribution is 0.0696. The lowest BCUT2D eigenvalue weighted by atomic mass is 10.0. The molecule has 3 heteroatoms. The fourth-order valence-electron chi connectivity index (χ4n) is 1.68. The summed E-state index contributed by atoms with van der Waals surface area (Å²) in [5.41, 5.74) is 0.964. The second-order valence-corrected chi connectivity index (χ2v) is 3.52. The highest BCUT2D eigenvalue weighted by Crippen LogP contribution is 2.24. The van der Waals surface area contributed by atoms with E-state index in [2.05, 4.69) is 0 Å². The maximum atomic E-state index is 11.0. The quantitative estimate of drug-likeness (QED) is 0.789. The maximum Gasteiger partial charge on any atom is 0.336 e. The Bertz CT molecular complexity index is 520. The molecule has 0 radical (unpaired) electrons. The SMILES string of the molecule is O=C(O)c1ccc2ccccc2c1CCl. The molecule has 0 fully saturated rings. The first-order valence-electron chi connectivity index (χ1n) is 4.54. The van der Waals surface area contributed by atoms with Gasteiger partial charge in [-0.05, 0) is 22.4 Å². The van der Waals surface area contributed by atoms with Gasteiger partial charge < -0.3 is 5.11 Å². The number of hydrogen-bond acceptors (Lipinski definition) is 1. The molecule has 0 saturated carbocycles. The van der Waals surface area contributed by atoms with E-state index < -0.39 is 5.97 Å². The largest absolute Gasteiger partial charge is 0.478 e. The first-order chi connectivity index (χ1) is 7.24. The summed E-state index contributed by atoms with van der Waals surface area (Å²) in [7, 11) is 0. The molecular weight excluding hydrogens is 212 g/mol. The van der Waals surface area contributed by atoms with Crippen molar-refractivity contribution in [3.63, 3.8) is 0 Å². The number of carboxylic acid groups (broad SMARTS) is 1. The molecule has 0 bridgehead atoms. The molecular formula is C12H9ClO2. The van der Waals surface area contributed by atoms with Gasteiger partial charge in [-0.3, -0.25) is 0 Å². The topological polar surface area (TPSA) is 37.3 Å². The molecule has 0 saturated heterocycles. The molecule has 0 aliphatic heterocycles. The second kappa shape index (κ2) is 3.91. The highest BCUT2D eigenvalue weighted by molar-refractivity contribution is 6.19. The van der Waals surface area contributed by atoms with Crippen LogP contribution in [-0.2, 0) is 5.88 Å². The lowest BCUT2D eigenvalue weighted by Gasteiger charge is -2.06. The number of benzene rings is 2. The number of halogens is 1. The molecule has 0 spiro atoms. The summed E-state index contributed by atoms with van der Waals surface area (Å²) in [4.78, 5) is 11.0. The molecule has 1 N–H and O–H groups in total. The van der Waals surface area contributed by atoms with Gasteiger partial charge >= 0.3 is 5.97 Å². The third-order valence-corrected chi connectivity index (χ3v) is 2.67. The Balaban J connectivity index is 2.81. The average Bonchev–Trinajstić information content (AvgIpc) is 2.27. The number of fused-ring (bicyclic) bond motifs is 1. The molecule has 15 heavy (non-hydrogen) atoms. The highest BCUT2D eigenvalue weighted by atomic mass is 35.5. The second-order valence-electron chi connectivity index (χ2n) is 3.25. The number of alkyl halides is 1. The standard InChI is InChI=1S/C12H9ClO2/c13-7-11-9-4-2-1-3-8(9)5-6-10(11)12(14)15/h1-6H,7H2,(H,14,15). The normalized spacial score (nSPS) is 10.5. The Kier molecular flexibility index (Phi) is 2.60. The summed E-state index contributed by atoms with van der Waals surface area (Å²) in [6.07, 6.45) is 0. The zero-order valence-corrected chi connectivity index (χ0v) is 8.66. The van der Waals surface area contributed by atoms with Crippen molar-refractivity contribution in [2.75, 3.05) is 0 Å². The van der Waals surface area contributed by atoms with E-state index >= 15 is 0 Å². The minimum absolute atomic E-state index is 0.211. The molecule has 2 aromatic rings. The molecule has 0 atom stereocenters. The minimum Gasteiger partial charge on any atom is -0.478 e. The average molecular weight is 221 g/mol. The van der Waals surface area contributed by atoms with Crippen molar-refractivity contribution in [3.8, 4) is 0 Å². The molecule has 0 amide bonds. The van der Waals surface area contributed by atoms with Gasteiger partial charge in [-0.15, -0.1) is 11.6 Å². The number of rotatable bonds is 2. The van der Waals surface area contributed by atoms with E-state index in [1.165, 1.54) is 0 Å². The van der Waals surface area contributed by atoms with E-state index in [-0.39, 0.29) is 11.4 Å². The summed E-state index contributed by atoms with van der Waals surface area (Å²) in [6, 6.07) is 11.0. The van der Waals surface area contributed by atoms with Crippen LogP contribution in [-0.4, -0.2) is 11.1 Å². The van der Waals surface area contributed by atoms with E-state index in [1.807, 2.05) is 24.3 Å². The molecule has 0 aromatic heterocycles. The zero-order valence-electron chi connectivity index (χ0n) is 7.90. The predicted molar refractivity (Wildman–Crippen MR) is 60.5 cm³/mol. The molecule has 2 aromatic carbocycles. The molecule has 0 unspecified atom stereocenters. The maximum absolute atomic E-state index is 11.0. The van der Waals surface area contributed by atoms with Gasteiger partial charge in [0, 0.05) is 5.88 Å². The number of aromatic carboxylic acids is 1. The van der Waals surface area contributed by atoms with Crippen LogP contribution in [0.5, 0.6) is 0 Å². The Hall–Kier alpha value is -1.54. The third-order valence-electron chi connectivity index (χ3n) is 2.40. The van der Waals surface area contributed by atoms with Crippen LogP contribution in [0.1, 0.15) is 15.9 Å². The first kappa shape index (κ1) is 9.99. The lowest BCUT2D eigenvalue weighted by Crippen LogP contribution is -2.01. The first-order valence-corrected chi connectivity index (χ1v) is 5.07. The third kappa shape index (κ3) is 1.68. The van der Waals surface area contributed by atoms with E-state index in [0.29, 0.717) is 5.56 Å². The van der Waals surface area contributed by atoms with E-state index in [1.54, 1.807) is 12.1 Å². The molecule has 0 heterocycles. The van der Waals surface area contributed by atoms with Crippen molar-refractivity contribution in [1.29, 1.82) is 0 Å². The highest BCUT2D eigenvalue weighted by Gasteiger charge is 2.11.